The van der Waals surface area contributed by atoms with Crippen LogP contribution < -0.4 is 10.1 Å². The first-order valence-electron chi connectivity index (χ1n) is 15.2. The van der Waals surface area contributed by atoms with E-state index in [2.05, 4.69) is 15.3 Å². The number of nitrogens with zero attached hydrogens (tertiary/aromatic N) is 2. The van der Waals surface area contributed by atoms with Crippen LogP contribution in [0.1, 0.15) is 62.7 Å². The molecule has 0 atom stereocenters. The largest absolute Gasteiger partial charge is 0.481 e. The number of fused-ring (bicyclic) bond motifs is 1. The Morgan fingerprint density at radius 2 is 1.55 bits per heavy atom. The van der Waals surface area contributed by atoms with Crippen molar-refractivity contribution in [3.8, 4) is 28.4 Å². The van der Waals surface area contributed by atoms with Crippen LogP contribution in [0.5, 0.6) is 6.01 Å². The zero-order valence-corrected chi connectivity index (χ0v) is 25.7. The summed E-state index contributed by atoms with van der Waals surface area (Å²) < 4.78 is 11.5. The van der Waals surface area contributed by atoms with Crippen LogP contribution in [0.2, 0.25) is 5.02 Å². The van der Waals surface area contributed by atoms with Gasteiger partial charge in [0.2, 0.25) is 0 Å². The smallest absolute Gasteiger partial charge is 0.309 e. The molecule has 1 amide bonds. The van der Waals surface area contributed by atoms with Crippen LogP contribution in [0.3, 0.4) is 0 Å². The summed E-state index contributed by atoms with van der Waals surface area (Å²) in [5.41, 5.74) is 4.59. The molecule has 1 aliphatic carbocycles. The Morgan fingerprint density at radius 1 is 0.932 bits per heavy atom. The van der Waals surface area contributed by atoms with Gasteiger partial charge in [0.05, 0.1) is 21.6 Å². The van der Waals surface area contributed by atoms with Gasteiger partial charge in [-0.25, -0.2) is 4.98 Å². The molecule has 4 aromatic rings. The fourth-order valence-corrected chi connectivity index (χ4v) is 6.39. The molecule has 2 fully saturated rings. The molecule has 1 saturated heterocycles. The van der Waals surface area contributed by atoms with Crippen LogP contribution in [0.25, 0.3) is 33.5 Å². The van der Waals surface area contributed by atoms with Gasteiger partial charge in [0.15, 0.2) is 5.65 Å². The monoisotopic (exact) mass is 616 g/mol. The number of carbonyl (C=O) groups excluding carboxylic acids is 1. The van der Waals surface area contributed by atoms with Crippen LogP contribution >= 0.6 is 11.6 Å². The summed E-state index contributed by atoms with van der Waals surface area (Å²) in [5, 5.41) is 13.2. The van der Waals surface area contributed by atoms with Crippen LogP contribution in [0.4, 0.5) is 0 Å². The van der Waals surface area contributed by atoms with E-state index in [0.717, 1.165) is 55.2 Å². The third-order valence-corrected chi connectivity index (χ3v) is 9.41. The van der Waals surface area contributed by atoms with Gasteiger partial charge < -0.3 is 24.9 Å². The predicted molar refractivity (Wildman–Crippen MR) is 169 cm³/mol. The van der Waals surface area contributed by atoms with Crippen molar-refractivity contribution in [3.05, 3.63) is 65.2 Å². The normalized spacial score (nSPS) is 19.5. The fraction of sp³-hybridized carbons (Fsp3) is 0.412. The van der Waals surface area contributed by atoms with E-state index in [1.807, 2.05) is 54.6 Å². The lowest BCUT2D eigenvalue weighted by Gasteiger charge is -2.36. The average molecular weight is 617 g/mol. The lowest BCUT2D eigenvalue weighted by molar-refractivity contribution is -0.151. The van der Waals surface area contributed by atoms with E-state index in [-0.39, 0.29) is 24.0 Å². The number of hydrogen-bond acceptors (Lipinski definition) is 6. The fourth-order valence-electron chi connectivity index (χ4n) is 6.13. The second kappa shape index (κ2) is 12.6. The maximum absolute atomic E-state index is 12.6. The molecule has 0 radical (unpaired) electrons. The van der Waals surface area contributed by atoms with Crippen molar-refractivity contribution in [2.45, 2.75) is 64.5 Å². The van der Waals surface area contributed by atoms with Crippen molar-refractivity contribution in [2.75, 3.05) is 13.2 Å². The lowest BCUT2D eigenvalue weighted by atomic mass is 9.70. The molecule has 0 spiro atoms. The zero-order valence-electron chi connectivity index (χ0n) is 24.9. The molecule has 2 aliphatic rings. The van der Waals surface area contributed by atoms with Gasteiger partial charge in [-0.1, -0.05) is 48.0 Å². The molecule has 44 heavy (non-hydrogen) atoms. The number of aliphatic carboxylic acids is 1. The van der Waals surface area contributed by atoms with Crippen molar-refractivity contribution < 1.29 is 24.2 Å². The summed E-state index contributed by atoms with van der Waals surface area (Å²) in [6, 6.07) is 17.9. The second-order valence-corrected chi connectivity index (χ2v) is 12.8. The number of imidazole rings is 1. The maximum Gasteiger partial charge on any atom is 0.309 e. The highest BCUT2D eigenvalue weighted by atomic mass is 35.5. The lowest BCUT2D eigenvalue weighted by Crippen LogP contribution is -2.38. The predicted octanol–water partition coefficient (Wildman–Crippen LogP) is 6.90. The number of aromatic amines is 1. The Balaban J connectivity index is 1.10. The summed E-state index contributed by atoms with van der Waals surface area (Å²) in [7, 11) is 0. The Kier molecular flexibility index (Phi) is 8.60. The highest BCUT2D eigenvalue weighted by Crippen LogP contribution is 2.39. The molecule has 9 nitrogen and oxygen atoms in total. The molecule has 230 valence electrons. The average Bonchev–Trinajstić information content (AvgIpc) is 3.42. The summed E-state index contributed by atoms with van der Waals surface area (Å²) in [6.45, 7) is 4.97. The van der Waals surface area contributed by atoms with Crippen LogP contribution in [-0.4, -0.2) is 57.3 Å². The molecule has 0 bridgehead atoms. The van der Waals surface area contributed by atoms with E-state index in [4.69, 9.17) is 26.1 Å². The SMILES string of the molecule is CC(C)(C(=O)O)[C@H]1CC[C@H](Oc2nc3nc(-c4ccc(-c5ccc(C(=O)NC6CCOCC6)cc5)cc4)c(Cl)cc3[nH]2)CC1. The van der Waals surface area contributed by atoms with E-state index < -0.39 is 11.4 Å². The van der Waals surface area contributed by atoms with E-state index >= 15 is 0 Å². The first kappa shape index (κ1) is 30.1. The number of halogens is 1. The topological polar surface area (TPSA) is 126 Å². The third-order valence-electron chi connectivity index (χ3n) is 9.12. The van der Waals surface area contributed by atoms with Gasteiger partial charge in [-0.2, -0.15) is 4.98 Å². The summed E-state index contributed by atoms with van der Waals surface area (Å²) in [6.07, 6.45) is 4.79. The van der Waals surface area contributed by atoms with Gasteiger partial charge in [0.1, 0.15) is 6.10 Å². The minimum absolute atomic E-state index is 0.0330. The number of benzene rings is 2. The number of ether oxygens (including phenoxy) is 2. The maximum atomic E-state index is 12.6. The molecule has 6 rings (SSSR count). The van der Waals surface area contributed by atoms with Crippen LogP contribution in [0, 0.1) is 11.3 Å². The van der Waals surface area contributed by atoms with Crippen LogP contribution in [0.15, 0.2) is 54.6 Å². The van der Waals surface area contributed by atoms with Crippen molar-refractivity contribution in [3.63, 3.8) is 0 Å². The summed E-state index contributed by atoms with van der Waals surface area (Å²) in [4.78, 5) is 36.8. The summed E-state index contributed by atoms with van der Waals surface area (Å²) >= 11 is 6.65. The number of nitrogens with one attached hydrogen (secondary N) is 2. The number of hydrogen-bond donors (Lipinski definition) is 3. The molecule has 3 heterocycles. The minimum atomic E-state index is -0.756. The molecule has 1 aliphatic heterocycles. The highest BCUT2D eigenvalue weighted by Gasteiger charge is 2.39. The molecule has 1 saturated carbocycles. The standard InChI is InChI=1S/C34H37ClN4O5/c1-34(2,32(41)42)24-11-13-26(14-12-24)44-33-37-28-19-27(35)29(38-30(28)39-33)22-7-3-20(4-8-22)21-5-9-23(10-6-21)31(40)36-25-15-17-43-18-16-25/h3-10,19,24-26H,11-18H2,1-2H3,(H,36,40)(H,41,42)(H,37,38,39)/t24-,26-. The van der Waals surface area contributed by atoms with Crippen molar-refractivity contribution in [1.82, 2.24) is 20.3 Å². The third kappa shape index (κ3) is 6.44. The first-order valence-corrected chi connectivity index (χ1v) is 15.6. The van der Waals surface area contributed by atoms with Gasteiger partial charge in [-0.15, -0.1) is 0 Å². The number of aromatic nitrogens is 3. The van der Waals surface area contributed by atoms with Gasteiger partial charge in [0, 0.05) is 30.4 Å². The molecular formula is C34H37ClN4O5. The first-order chi connectivity index (χ1) is 21.2. The Bertz CT molecular complexity index is 1640. The quantitative estimate of drug-likeness (QED) is 0.196. The second-order valence-electron chi connectivity index (χ2n) is 12.4. The molecule has 2 aromatic heterocycles. The van der Waals surface area contributed by atoms with E-state index in [1.54, 1.807) is 13.8 Å². The van der Waals surface area contributed by atoms with E-state index in [1.165, 1.54) is 0 Å². The number of pyridine rings is 1. The molecule has 0 unspecified atom stereocenters. The van der Waals surface area contributed by atoms with Crippen molar-refractivity contribution in [1.29, 1.82) is 0 Å². The molecule has 2 aromatic carbocycles. The Hall–Kier alpha value is -3.95. The Morgan fingerprint density at radius 3 is 2.18 bits per heavy atom. The van der Waals surface area contributed by atoms with E-state index in [9.17, 15) is 14.7 Å². The van der Waals surface area contributed by atoms with Crippen molar-refractivity contribution >= 4 is 34.6 Å². The molecule has 10 heteroatoms. The van der Waals surface area contributed by atoms with Gasteiger partial charge in [0.25, 0.3) is 11.9 Å². The van der Waals surface area contributed by atoms with Gasteiger partial charge >= 0.3 is 5.97 Å². The number of carboxylic acids is 1. The summed E-state index contributed by atoms with van der Waals surface area (Å²) in [5.74, 6) is -0.694. The number of carboxylic acid groups (broad SMARTS) is 1. The number of H-pyrrole nitrogens is 1. The van der Waals surface area contributed by atoms with Gasteiger partial charge in [-0.05, 0) is 87.6 Å². The zero-order chi connectivity index (χ0) is 30.8. The molecule has 3 N–H and O–H groups in total. The van der Waals surface area contributed by atoms with Gasteiger partial charge in [-0.3, -0.25) is 9.59 Å². The minimum Gasteiger partial charge on any atom is -0.481 e. The van der Waals surface area contributed by atoms with Crippen LogP contribution in [-0.2, 0) is 9.53 Å². The highest BCUT2D eigenvalue weighted by molar-refractivity contribution is 6.33. The number of rotatable bonds is 8. The van der Waals surface area contributed by atoms with Crippen molar-refractivity contribution in [2.24, 2.45) is 11.3 Å². The Labute approximate surface area is 261 Å². The van der Waals surface area contributed by atoms with E-state index in [0.29, 0.717) is 46.7 Å². The number of amides is 1. The molecular weight excluding hydrogens is 580 g/mol. The number of carbonyl (C=O) groups is 2.